The van der Waals surface area contributed by atoms with Gasteiger partial charge in [-0.2, -0.15) is 10.3 Å². The molecule has 0 spiro atoms. The van der Waals surface area contributed by atoms with Crippen molar-refractivity contribution in [2.75, 3.05) is 10.7 Å². The van der Waals surface area contributed by atoms with E-state index in [0.29, 0.717) is 33.9 Å². The van der Waals surface area contributed by atoms with E-state index in [0.717, 1.165) is 23.9 Å². The Kier molecular flexibility index (Phi) is 9.19. The molecular weight excluding hydrogens is 626 g/mol. The van der Waals surface area contributed by atoms with Crippen LogP contribution in [0.4, 0.5) is 28.0 Å². The standard InChI is InChI=1S/C31H23F4N7O3S/c1-18(2)25-13-22(32)7-12-26(25)42-27(43)16-46-30(42)39-29(44)37-15-21(14-36)19-3-5-20(6-4-19)28-38-17-41(40-28)23-8-10-24(11-9-23)45-31(33,34)35/h3-13,15,17-18H,16H2,1-2H3,(H,37,44)/b21-15+,39-30?. The zero-order valence-electron chi connectivity index (χ0n) is 24.1. The van der Waals surface area contributed by atoms with Gasteiger partial charge in [0.2, 0.25) is 5.91 Å². The maximum Gasteiger partial charge on any atom is 0.573 e. The highest BCUT2D eigenvalue weighted by Crippen LogP contribution is 2.34. The highest BCUT2D eigenvalue weighted by atomic mass is 32.2. The first-order valence-corrected chi connectivity index (χ1v) is 14.5. The minimum atomic E-state index is -4.79. The number of carbonyl (C=O) groups excluding carboxylic acids is 2. The molecule has 0 bridgehead atoms. The number of hydrogen-bond acceptors (Lipinski definition) is 7. The number of nitrogens with one attached hydrogen (secondary N) is 1. The van der Waals surface area contributed by atoms with Crippen molar-refractivity contribution in [1.29, 1.82) is 5.26 Å². The van der Waals surface area contributed by atoms with Gasteiger partial charge in [0, 0.05) is 11.8 Å². The van der Waals surface area contributed by atoms with E-state index in [2.05, 4.69) is 25.1 Å². The van der Waals surface area contributed by atoms with Crippen molar-refractivity contribution in [3.05, 3.63) is 96.2 Å². The van der Waals surface area contributed by atoms with E-state index in [9.17, 15) is 32.4 Å². The molecule has 0 unspecified atom stereocenters. The van der Waals surface area contributed by atoms with Crippen LogP contribution in [0.25, 0.3) is 22.6 Å². The van der Waals surface area contributed by atoms with Crippen LogP contribution in [0.3, 0.4) is 0 Å². The number of anilines is 1. The van der Waals surface area contributed by atoms with Gasteiger partial charge in [-0.15, -0.1) is 18.3 Å². The summed E-state index contributed by atoms with van der Waals surface area (Å²) in [6.07, 6.45) is -2.20. The number of thioether (sulfide) groups is 1. The van der Waals surface area contributed by atoms with Gasteiger partial charge in [-0.05, 0) is 59.5 Å². The van der Waals surface area contributed by atoms with Gasteiger partial charge < -0.3 is 10.1 Å². The Morgan fingerprint density at radius 2 is 1.85 bits per heavy atom. The average molecular weight is 650 g/mol. The monoisotopic (exact) mass is 649 g/mol. The van der Waals surface area contributed by atoms with E-state index in [4.69, 9.17) is 0 Å². The van der Waals surface area contributed by atoms with Crippen LogP contribution in [0.2, 0.25) is 0 Å². The number of halogens is 4. The number of carbonyl (C=O) groups is 2. The number of amides is 3. The minimum Gasteiger partial charge on any atom is -0.406 e. The second-order valence-electron chi connectivity index (χ2n) is 10.0. The Labute approximate surface area is 264 Å². The summed E-state index contributed by atoms with van der Waals surface area (Å²) in [5, 5.41) is 16.6. The molecule has 3 aromatic carbocycles. The highest BCUT2D eigenvalue weighted by molar-refractivity contribution is 8.15. The van der Waals surface area contributed by atoms with Gasteiger partial charge in [-0.25, -0.2) is 18.9 Å². The summed E-state index contributed by atoms with van der Waals surface area (Å²) >= 11 is 1.07. The number of benzene rings is 3. The Balaban J connectivity index is 1.27. The number of alkyl halides is 3. The molecule has 46 heavy (non-hydrogen) atoms. The van der Waals surface area contributed by atoms with Gasteiger partial charge in [-0.3, -0.25) is 9.69 Å². The number of rotatable bonds is 7. The van der Waals surface area contributed by atoms with Crippen LogP contribution in [-0.4, -0.2) is 44.0 Å². The van der Waals surface area contributed by atoms with Crippen LogP contribution < -0.4 is 15.0 Å². The lowest BCUT2D eigenvalue weighted by molar-refractivity contribution is -0.274. The lowest BCUT2D eigenvalue weighted by atomic mass is 10.0. The van der Waals surface area contributed by atoms with Crippen LogP contribution in [0, 0.1) is 17.1 Å². The lowest BCUT2D eigenvalue weighted by Gasteiger charge is -2.21. The molecule has 3 amide bonds. The highest BCUT2D eigenvalue weighted by Gasteiger charge is 2.33. The second kappa shape index (κ2) is 13.2. The number of nitriles is 1. The van der Waals surface area contributed by atoms with Crippen molar-refractivity contribution in [3.8, 4) is 28.9 Å². The predicted octanol–water partition coefficient (Wildman–Crippen LogP) is 6.81. The van der Waals surface area contributed by atoms with Crippen molar-refractivity contribution in [2.24, 2.45) is 4.99 Å². The largest absolute Gasteiger partial charge is 0.573 e. The molecule has 2 heterocycles. The summed E-state index contributed by atoms with van der Waals surface area (Å²) < 4.78 is 56.4. The molecule has 10 nitrogen and oxygen atoms in total. The Hall–Kier alpha value is -5.49. The van der Waals surface area contributed by atoms with Gasteiger partial charge >= 0.3 is 12.4 Å². The zero-order valence-corrected chi connectivity index (χ0v) is 24.9. The normalized spacial score (nSPS) is 14.6. The van der Waals surface area contributed by atoms with E-state index in [1.165, 1.54) is 52.4 Å². The van der Waals surface area contributed by atoms with Gasteiger partial charge in [0.25, 0.3) is 0 Å². The topological polar surface area (TPSA) is 126 Å². The molecule has 4 aromatic rings. The fourth-order valence-electron chi connectivity index (χ4n) is 4.43. The van der Waals surface area contributed by atoms with E-state index >= 15 is 0 Å². The molecule has 0 aliphatic carbocycles. The summed E-state index contributed by atoms with van der Waals surface area (Å²) in [5.74, 6) is -0.821. The van der Waals surface area contributed by atoms with Gasteiger partial charge in [0.1, 0.15) is 24.0 Å². The predicted molar refractivity (Wildman–Crippen MR) is 163 cm³/mol. The molecule has 1 aliphatic rings. The average Bonchev–Trinajstić information content (AvgIpc) is 3.64. The molecule has 15 heteroatoms. The van der Waals surface area contributed by atoms with Gasteiger partial charge in [0.15, 0.2) is 11.0 Å². The van der Waals surface area contributed by atoms with Crippen molar-refractivity contribution in [2.45, 2.75) is 26.1 Å². The summed E-state index contributed by atoms with van der Waals surface area (Å²) in [6, 6.07) is 17.0. The molecular formula is C31H23F4N7O3S. The Morgan fingerprint density at radius 3 is 2.50 bits per heavy atom. The summed E-state index contributed by atoms with van der Waals surface area (Å²) in [5.41, 5.74) is 2.68. The summed E-state index contributed by atoms with van der Waals surface area (Å²) in [4.78, 5) is 34.9. The molecule has 0 radical (unpaired) electrons. The number of amidine groups is 1. The zero-order chi connectivity index (χ0) is 33.0. The van der Waals surface area contributed by atoms with Gasteiger partial charge in [0.05, 0.1) is 22.7 Å². The number of aromatic nitrogens is 3. The summed E-state index contributed by atoms with van der Waals surface area (Å²) in [6.45, 7) is 3.73. The second-order valence-corrected chi connectivity index (χ2v) is 11.0. The smallest absolute Gasteiger partial charge is 0.406 e. The van der Waals surface area contributed by atoms with Crippen LogP contribution >= 0.6 is 11.8 Å². The van der Waals surface area contributed by atoms with Crippen LogP contribution in [0.15, 0.2) is 84.2 Å². The maximum atomic E-state index is 13.9. The molecule has 0 atom stereocenters. The number of ether oxygens (including phenoxy) is 1. The molecule has 5 rings (SSSR count). The first kappa shape index (κ1) is 31.9. The molecule has 1 N–H and O–H groups in total. The van der Waals surface area contributed by atoms with Crippen LogP contribution in [0.5, 0.6) is 5.75 Å². The van der Waals surface area contributed by atoms with E-state index < -0.39 is 18.2 Å². The molecule has 0 saturated carbocycles. The molecule has 1 aromatic heterocycles. The number of hydrogen-bond donors (Lipinski definition) is 1. The maximum absolute atomic E-state index is 13.9. The Morgan fingerprint density at radius 1 is 1.13 bits per heavy atom. The third kappa shape index (κ3) is 7.41. The van der Waals surface area contributed by atoms with E-state index in [1.54, 1.807) is 24.3 Å². The first-order chi connectivity index (χ1) is 21.9. The lowest BCUT2D eigenvalue weighted by Crippen LogP contribution is -2.31. The van der Waals surface area contributed by atoms with Crippen molar-refractivity contribution < 1.29 is 31.9 Å². The third-order valence-electron chi connectivity index (χ3n) is 6.56. The quantitative estimate of drug-likeness (QED) is 0.172. The Bertz CT molecular complexity index is 1880. The van der Waals surface area contributed by atoms with Gasteiger partial charge in [-0.1, -0.05) is 49.9 Å². The minimum absolute atomic E-state index is 0.0585. The van der Waals surface area contributed by atoms with Crippen molar-refractivity contribution in [1.82, 2.24) is 20.1 Å². The van der Waals surface area contributed by atoms with Crippen LogP contribution in [-0.2, 0) is 4.79 Å². The fourth-order valence-corrected chi connectivity index (χ4v) is 5.28. The van der Waals surface area contributed by atoms with Crippen LogP contribution in [0.1, 0.15) is 30.9 Å². The van der Waals surface area contributed by atoms with E-state index in [-0.39, 0.29) is 34.1 Å². The van der Waals surface area contributed by atoms with Crippen molar-refractivity contribution >= 4 is 40.1 Å². The number of urea groups is 1. The molecule has 1 saturated heterocycles. The fraction of sp³-hybridized carbons (Fsp3) is 0.161. The van der Waals surface area contributed by atoms with Crippen molar-refractivity contribution in [3.63, 3.8) is 0 Å². The van der Waals surface area contributed by atoms with E-state index in [1.807, 2.05) is 19.9 Å². The third-order valence-corrected chi connectivity index (χ3v) is 7.48. The number of nitrogens with zero attached hydrogens (tertiary/aromatic N) is 6. The first-order valence-electron chi connectivity index (χ1n) is 13.5. The molecule has 1 fully saturated rings. The SMILES string of the molecule is CC(C)c1cc(F)ccc1N1C(=O)CSC1=NC(=O)N/C=C(\C#N)c1ccc(-c2ncn(-c3ccc(OC(F)(F)F)cc3)n2)cc1. The molecule has 234 valence electrons. The number of allylic oxidation sites excluding steroid dienone is 1. The molecule has 1 aliphatic heterocycles. The number of aliphatic imine (C=N–C) groups is 1. The summed E-state index contributed by atoms with van der Waals surface area (Å²) in [7, 11) is 0.